The van der Waals surface area contributed by atoms with Crippen LogP contribution in [-0.2, 0) is 4.79 Å². The third kappa shape index (κ3) is 5.17. The van der Waals surface area contributed by atoms with Crippen LogP contribution < -0.4 is 4.90 Å². The van der Waals surface area contributed by atoms with Crippen molar-refractivity contribution in [1.29, 1.82) is 0 Å². The van der Waals surface area contributed by atoms with Gasteiger partial charge in [-0.3, -0.25) is 4.79 Å². The first-order chi connectivity index (χ1) is 15.2. The van der Waals surface area contributed by atoms with Crippen molar-refractivity contribution in [2.75, 3.05) is 31.1 Å². The summed E-state index contributed by atoms with van der Waals surface area (Å²) in [6.45, 7) is 2.50. The van der Waals surface area contributed by atoms with Crippen LogP contribution in [0.5, 0.6) is 5.75 Å². The highest BCUT2D eigenvalue weighted by atomic mass is 16.3. The molecule has 0 bridgehead atoms. The zero-order chi connectivity index (χ0) is 21.5. The molecule has 31 heavy (non-hydrogen) atoms. The van der Waals surface area contributed by atoms with Crippen molar-refractivity contribution in [2.45, 2.75) is 0 Å². The minimum absolute atomic E-state index is 0.0584. The smallest absolute Gasteiger partial charge is 0.254 e. The molecule has 0 spiro atoms. The zero-order valence-electron chi connectivity index (χ0n) is 17.1. The molecule has 1 aliphatic rings. The Hall–Kier alpha value is -3.93. The van der Waals surface area contributed by atoms with Crippen molar-refractivity contribution in [3.8, 4) is 5.75 Å². The number of hydrogen-bond acceptors (Lipinski definition) is 5. The van der Waals surface area contributed by atoms with E-state index in [2.05, 4.69) is 14.9 Å². The summed E-state index contributed by atoms with van der Waals surface area (Å²) in [6.07, 6.45) is 9.10. The van der Waals surface area contributed by atoms with Gasteiger partial charge in [-0.15, -0.1) is 0 Å². The summed E-state index contributed by atoms with van der Waals surface area (Å²) in [5, 5.41) is 9.93. The molecule has 4 rings (SSSR count). The Bertz CT molecular complexity index is 1070. The monoisotopic (exact) mass is 412 g/mol. The number of aromatic hydroxyl groups is 1. The Balaban J connectivity index is 1.53. The van der Waals surface area contributed by atoms with Gasteiger partial charge in [0.2, 0.25) is 5.95 Å². The lowest BCUT2D eigenvalue weighted by Gasteiger charge is -2.35. The Labute approximate surface area is 181 Å². The lowest BCUT2D eigenvalue weighted by atomic mass is 10.0. The third-order valence-electron chi connectivity index (χ3n) is 5.14. The van der Waals surface area contributed by atoms with E-state index in [0.717, 1.165) is 5.56 Å². The highest BCUT2D eigenvalue weighted by Gasteiger charge is 2.25. The molecule has 3 aromatic rings. The summed E-state index contributed by atoms with van der Waals surface area (Å²) >= 11 is 0. The average Bonchev–Trinajstić information content (AvgIpc) is 2.83. The number of benzene rings is 2. The van der Waals surface area contributed by atoms with E-state index in [0.29, 0.717) is 43.3 Å². The van der Waals surface area contributed by atoms with Gasteiger partial charge in [0.15, 0.2) is 0 Å². The molecule has 0 saturated carbocycles. The molecule has 1 N–H and O–H groups in total. The van der Waals surface area contributed by atoms with Crippen molar-refractivity contribution in [2.24, 2.45) is 0 Å². The molecule has 1 aliphatic heterocycles. The average molecular weight is 412 g/mol. The number of amides is 1. The fourth-order valence-electron chi connectivity index (χ4n) is 3.52. The molecule has 156 valence electrons. The Morgan fingerprint density at radius 3 is 2.35 bits per heavy atom. The Morgan fingerprint density at radius 1 is 0.903 bits per heavy atom. The first-order valence-electron chi connectivity index (χ1n) is 10.2. The van der Waals surface area contributed by atoms with Gasteiger partial charge in [0.05, 0.1) is 0 Å². The van der Waals surface area contributed by atoms with E-state index in [9.17, 15) is 9.90 Å². The molecule has 1 amide bonds. The number of piperazine rings is 1. The van der Waals surface area contributed by atoms with Gasteiger partial charge in [0, 0.05) is 44.1 Å². The molecule has 1 fully saturated rings. The van der Waals surface area contributed by atoms with Crippen LogP contribution in [0.15, 0.2) is 85.2 Å². The number of carbonyl (C=O) groups is 1. The number of aromatic nitrogens is 2. The van der Waals surface area contributed by atoms with E-state index < -0.39 is 0 Å². The summed E-state index contributed by atoms with van der Waals surface area (Å²) in [4.78, 5) is 25.9. The normalized spacial score (nSPS) is 14.8. The molecule has 2 aromatic carbocycles. The van der Waals surface area contributed by atoms with Gasteiger partial charge >= 0.3 is 0 Å². The van der Waals surface area contributed by atoms with Crippen LogP contribution in [0.3, 0.4) is 0 Å². The number of phenols is 1. The molecule has 0 radical (unpaired) electrons. The highest BCUT2D eigenvalue weighted by Crippen LogP contribution is 2.23. The minimum atomic E-state index is -0.0584. The van der Waals surface area contributed by atoms with Crippen LogP contribution in [0.4, 0.5) is 5.95 Å². The zero-order valence-corrected chi connectivity index (χ0v) is 17.1. The minimum Gasteiger partial charge on any atom is -0.508 e. The maximum absolute atomic E-state index is 13.4. The molecule has 0 unspecified atom stereocenters. The lowest BCUT2D eigenvalue weighted by Crippen LogP contribution is -2.49. The number of phenolic OH excluding ortho intramolecular Hbond substituents is 1. The van der Waals surface area contributed by atoms with Gasteiger partial charge in [-0.25, -0.2) is 9.97 Å². The molecule has 6 nitrogen and oxygen atoms in total. The van der Waals surface area contributed by atoms with E-state index >= 15 is 0 Å². The van der Waals surface area contributed by atoms with Crippen LogP contribution >= 0.6 is 0 Å². The van der Waals surface area contributed by atoms with E-state index in [1.807, 2.05) is 59.5 Å². The summed E-state index contributed by atoms with van der Waals surface area (Å²) in [7, 11) is 0. The van der Waals surface area contributed by atoms with Crippen molar-refractivity contribution in [3.05, 3.63) is 96.3 Å². The molecular weight excluding hydrogens is 388 g/mol. The first kappa shape index (κ1) is 20.3. The highest BCUT2D eigenvalue weighted by molar-refractivity contribution is 6.20. The molecule has 1 saturated heterocycles. The quantitative estimate of drug-likeness (QED) is 0.512. The maximum atomic E-state index is 13.4. The second-order valence-corrected chi connectivity index (χ2v) is 7.23. The number of carbonyl (C=O) groups excluding carboxylic acids is 1. The van der Waals surface area contributed by atoms with Gasteiger partial charge in [0.1, 0.15) is 5.75 Å². The van der Waals surface area contributed by atoms with Crippen LogP contribution in [0.1, 0.15) is 11.1 Å². The molecule has 6 heteroatoms. The molecule has 0 atom stereocenters. The fraction of sp³-hybridized carbons (Fsp3) is 0.160. The Morgan fingerprint density at radius 2 is 1.65 bits per heavy atom. The summed E-state index contributed by atoms with van der Waals surface area (Å²) in [5.41, 5.74) is 2.29. The molecule has 2 heterocycles. The van der Waals surface area contributed by atoms with Crippen molar-refractivity contribution >= 4 is 23.5 Å². The van der Waals surface area contributed by atoms with Crippen molar-refractivity contribution in [1.82, 2.24) is 14.9 Å². The third-order valence-corrected chi connectivity index (χ3v) is 5.14. The molecule has 0 aliphatic carbocycles. The first-order valence-corrected chi connectivity index (χ1v) is 10.2. The number of anilines is 1. The van der Waals surface area contributed by atoms with Crippen LogP contribution in [0, 0.1) is 0 Å². The predicted molar refractivity (Wildman–Crippen MR) is 122 cm³/mol. The van der Waals surface area contributed by atoms with E-state index in [4.69, 9.17) is 0 Å². The second-order valence-electron chi connectivity index (χ2n) is 7.23. The van der Waals surface area contributed by atoms with Crippen molar-refractivity contribution in [3.63, 3.8) is 0 Å². The maximum Gasteiger partial charge on any atom is 0.254 e. The van der Waals surface area contributed by atoms with E-state index in [1.165, 1.54) is 0 Å². The van der Waals surface area contributed by atoms with Gasteiger partial charge in [0.25, 0.3) is 5.91 Å². The number of hydrogen-bond donors (Lipinski definition) is 1. The SMILES string of the molecule is O=C(/C(=C/C=C/c1ccccc1)c1cccc(O)c1)N1CCN(c2ncccn2)CC1. The Kier molecular flexibility index (Phi) is 6.38. The fourth-order valence-corrected chi connectivity index (χ4v) is 3.52. The number of allylic oxidation sites excluding steroid dienone is 2. The summed E-state index contributed by atoms with van der Waals surface area (Å²) in [6, 6.07) is 18.5. The van der Waals surface area contributed by atoms with Gasteiger partial charge in [-0.2, -0.15) is 0 Å². The largest absolute Gasteiger partial charge is 0.508 e. The van der Waals surface area contributed by atoms with Crippen LogP contribution in [0.25, 0.3) is 11.6 Å². The van der Waals surface area contributed by atoms with Gasteiger partial charge in [-0.1, -0.05) is 54.6 Å². The van der Waals surface area contributed by atoms with Crippen LogP contribution in [0.2, 0.25) is 0 Å². The van der Waals surface area contributed by atoms with Crippen LogP contribution in [-0.4, -0.2) is 52.1 Å². The molecular formula is C25H24N4O2. The summed E-state index contributed by atoms with van der Waals surface area (Å²) in [5.74, 6) is 0.760. The van der Waals surface area contributed by atoms with E-state index in [1.54, 1.807) is 36.7 Å². The van der Waals surface area contributed by atoms with Crippen molar-refractivity contribution < 1.29 is 9.90 Å². The van der Waals surface area contributed by atoms with E-state index in [-0.39, 0.29) is 11.7 Å². The van der Waals surface area contributed by atoms with Gasteiger partial charge in [-0.05, 0) is 35.4 Å². The number of nitrogens with zero attached hydrogens (tertiary/aromatic N) is 4. The second kappa shape index (κ2) is 9.71. The molecule has 1 aromatic heterocycles. The summed E-state index contributed by atoms with van der Waals surface area (Å²) < 4.78 is 0. The predicted octanol–water partition coefficient (Wildman–Crippen LogP) is 3.63. The lowest BCUT2D eigenvalue weighted by molar-refractivity contribution is -0.125. The standard InChI is InChI=1S/C25H24N4O2/c30-22-11-5-10-21(19-22)23(12-4-9-20-7-2-1-3-8-20)24(31)28-15-17-29(18-16-28)25-26-13-6-14-27-25/h1-14,19,30H,15-18H2/b9-4+,23-12+. The van der Waals surface area contributed by atoms with Gasteiger partial charge < -0.3 is 14.9 Å². The topological polar surface area (TPSA) is 69.6 Å². The number of rotatable bonds is 5.